The molecule has 0 amide bonds. The Bertz CT molecular complexity index is 690. The molecule has 0 N–H and O–H groups in total. The van der Waals surface area contributed by atoms with Gasteiger partial charge in [0.15, 0.2) is 0 Å². The van der Waals surface area contributed by atoms with Gasteiger partial charge < -0.3 is 14.8 Å². The normalized spacial score (nSPS) is 10.9. The van der Waals surface area contributed by atoms with Gasteiger partial charge in [0.05, 0.1) is 17.3 Å². The van der Waals surface area contributed by atoms with Crippen LogP contribution in [0.1, 0.15) is 37.0 Å². The Kier molecular flexibility index (Phi) is 6.49. The Morgan fingerprint density at radius 1 is 0.958 bits per heavy atom. The standard InChI is InChI=1S/C19H23N3O2/c1-3-13-22(14-4-2)16-11-9-15(10-12-16)20-21-18-8-6-5-7-17(18)19(23)24/h5-12H,3-4,13-14H2,1-2H3,(H,23,24)/p-1. The van der Waals surface area contributed by atoms with Gasteiger partial charge in [-0.15, -0.1) is 5.11 Å². The Hall–Kier alpha value is -2.69. The van der Waals surface area contributed by atoms with Crippen molar-refractivity contribution >= 4 is 23.0 Å². The minimum atomic E-state index is -1.25. The number of hydrogen-bond acceptors (Lipinski definition) is 5. The summed E-state index contributed by atoms with van der Waals surface area (Å²) in [6.07, 6.45) is 2.20. The third kappa shape index (κ3) is 4.65. The maximum atomic E-state index is 11.1. The molecule has 0 fully saturated rings. The van der Waals surface area contributed by atoms with Gasteiger partial charge in [0.25, 0.3) is 0 Å². The van der Waals surface area contributed by atoms with E-state index in [1.54, 1.807) is 18.2 Å². The zero-order valence-corrected chi connectivity index (χ0v) is 14.1. The average molecular weight is 324 g/mol. The number of benzene rings is 2. The lowest BCUT2D eigenvalue weighted by Crippen LogP contribution is -2.24. The molecule has 0 atom stereocenters. The molecule has 5 heteroatoms. The topological polar surface area (TPSA) is 68.1 Å². The van der Waals surface area contributed by atoms with E-state index in [0.717, 1.165) is 31.6 Å². The number of aromatic carboxylic acids is 1. The van der Waals surface area contributed by atoms with Crippen LogP contribution in [0, 0.1) is 0 Å². The van der Waals surface area contributed by atoms with Gasteiger partial charge in [0.2, 0.25) is 0 Å². The molecule has 0 bridgehead atoms. The van der Waals surface area contributed by atoms with Crippen molar-refractivity contribution in [1.82, 2.24) is 0 Å². The van der Waals surface area contributed by atoms with Crippen LogP contribution in [0.15, 0.2) is 58.8 Å². The summed E-state index contributed by atoms with van der Waals surface area (Å²) in [5.74, 6) is -1.25. The van der Waals surface area contributed by atoms with Crippen molar-refractivity contribution in [3.05, 3.63) is 54.1 Å². The zero-order valence-electron chi connectivity index (χ0n) is 14.1. The first-order chi connectivity index (χ1) is 11.7. The van der Waals surface area contributed by atoms with Crippen LogP contribution < -0.4 is 10.0 Å². The third-order valence-electron chi connectivity index (χ3n) is 3.60. The molecule has 0 aliphatic rings. The van der Waals surface area contributed by atoms with Gasteiger partial charge >= 0.3 is 0 Å². The lowest BCUT2D eigenvalue weighted by Gasteiger charge is -2.23. The van der Waals surface area contributed by atoms with Crippen molar-refractivity contribution in [2.24, 2.45) is 10.2 Å². The van der Waals surface area contributed by atoms with Gasteiger partial charge in [0.1, 0.15) is 0 Å². The fourth-order valence-corrected chi connectivity index (χ4v) is 2.49. The molecule has 0 spiro atoms. The number of nitrogens with zero attached hydrogens (tertiary/aromatic N) is 3. The van der Waals surface area contributed by atoms with Crippen LogP contribution in [0.4, 0.5) is 17.1 Å². The van der Waals surface area contributed by atoms with Gasteiger partial charge in [-0.25, -0.2) is 0 Å². The summed E-state index contributed by atoms with van der Waals surface area (Å²) >= 11 is 0. The molecule has 0 aliphatic heterocycles. The smallest absolute Gasteiger partial charge is 0.0947 e. The summed E-state index contributed by atoms with van der Waals surface area (Å²) < 4.78 is 0. The van der Waals surface area contributed by atoms with Crippen LogP contribution >= 0.6 is 0 Å². The van der Waals surface area contributed by atoms with E-state index in [0.29, 0.717) is 11.4 Å². The predicted molar refractivity (Wildman–Crippen MR) is 94.2 cm³/mol. The lowest BCUT2D eigenvalue weighted by molar-refractivity contribution is -0.254. The maximum absolute atomic E-state index is 11.1. The third-order valence-corrected chi connectivity index (χ3v) is 3.60. The summed E-state index contributed by atoms with van der Waals surface area (Å²) in [6, 6.07) is 14.2. The average Bonchev–Trinajstić information content (AvgIpc) is 2.60. The van der Waals surface area contributed by atoms with Crippen molar-refractivity contribution in [3.8, 4) is 0 Å². The van der Waals surface area contributed by atoms with E-state index in [2.05, 4.69) is 29.0 Å². The predicted octanol–water partition coefficient (Wildman–Crippen LogP) is 4.09. The van der Waals surface area contributed by atoms with E-state index >= 15 is 0 Å². The molecule has 5 nitrogen and oxygen atoms in total. The molecular weight excluding hydrogens is 302 g/mol. The van der Waals surface area contributed by atoms with Gasteiger partial charge in [-0.1, -0.05) is 32.0 Å². The largest absolute Gasteiger partial charge is 0.545 e. The molecule has 0 heterocycles. The molecule has 0 unspecified atom stereocenters. The van der Waals surface area contributed by atoms with Gasteiger partial charge in [-0.2, -0.15) is 5.11 Å². The van der Waals surface area contributed by atoms with Crippen LogP contribution in [0.3, 0.4) is 0 Å². The second-order valence-electron chi connectivity index (χ2n) is 5.51. The van der Waals surface area contributed by atoms with E-state index in [-0.39, 0.29) is 5.56 Å². The van der Waals surface area contributed by atoms with Crippen molar-refractivity contribution in [1.29, 1.82) is 0 Å². The Balaban J connectivity index is 2.15. The molecule has 2 aromatic rings. The molecule has 0 saturated heterocycles. The first-order valence-corrected chi connectivity index (χ1v) is 8.22. The fourth-order valence-electron chi connectivity index (χ4n) is 2.49. The highest BCUT2D eigenvalue weighted by molar-refractivity contribution is 5.91. The number of anilines is 1. The second kappa shape index (κ2) is 8.82. The summed E-state index contributed by atoms with van der Waals surface area (Å²) in [6.45, 7) is 6.38. The van der Waals surface area contributed by atoms with E-state index in [1.165, 1.54) is 6.07 Å². The number of rotatable bonds is 8. The summed E-state index contributed by atoms with van der Waals surface area (Å²) in [4.78, 5) is 13.4. The van der Waals surface area contributed by atoms with Gasteiger partial charge in [0, 0.05) is 24.3 Å². The first kappa shape index (κ1) is 17.7. The monoisotopic (exact) mass is 324 g/mol. The highest BCUT2D eigenvalue weighted by Gasteiger charge is 2.04. The molecule has 2 rings (SSSR count). The number of carboxylic acid groups (broad SMARTS) is 1. The Morgan fingerprint density at radius 2 is 1.58 bits per heavy atom. The van der Waals surface area contributed by atoms with Crippen LogP contribution in [-0.4, -0.2) is 19.1 Å². The molecule has 0 aliphatic carbocycles. The molecule has 126 valence electrons. The maximum Gasteiger partial charge on any atom is 0.0947 e. The minimum absolute atomic E-state index is 0.0370. The van der Waals surface area contributed by atoms with Crippen LogP contribution in [-0.2, 0) is 0 Å². The number of carboxylic acids is 1. The highest BCUT2D eigenvalue weighted by Crippen LogP contribution is 2.24. The summed E-state index contributed by atoms with van der Waals surface area (Å²) in [5, 5.41) is 19.2. The Labute approximate surface area is 142 Å². The van der Waals surface area contributed by atoms with E-state index in [1.807, 2.05) is 24.3 Å². The molecular formula is C19H22N3O2-. The first-order valence-electron chi connectivity index (χ1n) is 8.22. The molecule has 0 aromatic heterocycles. The number of hydrogen-bond donors (Lipinski definition) is 0. The molecule has 2 aromatic carbocycles. The van der Waals surface area contributed by atoms with Crippen LogP contribution in [0.5, 0.6) is 0 Å². The zero-order chi connectivity index (χ0) is 17.4. The minimum Gasteiger partial charge on any atom is -0.545 e. The number of carbonyl (C=O) groups excluding carboxylic acids is 1. The quantitative estimate of drug-likeness (QED) is 0.687. The molecule has 0 radical (unpaired) electrons. The molecule has 0 saturated carbocycles. The highest BCUT2D eigenvalue weighted by atomic mass is 16.4. The van der Waals surface area contributed by atoms with Crippen LogP contribution in [0.2, 0.25) is 0 Å². The fraction of sp³-hybridized carbons (Fsp3) is 0.316. The second-order valence-corrected chi connectivity index (χ2v) is 5.51. The SMILES string of the molecule is CCCN(CCC)c1ccc(N=Nc2ccccc2C(=O)[O-])cc1. The van der Waals surface area contributed by atoms with Gasteiger partial charge in [-0.05, 0) is 43.2 Å². The van der Waals surface area contributed by atoms with Crippen molar-refractivity contribution in [2.75, 3.05) is 18.0 Å². The Morgan fingerprint density at radius 3 is 2.17 bits per heavy atom. The number of azo groups is 1. The molecule has 24 heavy (non-hydrogen) atoms. The van der Waals surface area contributed by atoms with Crippen molar-refractivity contribution < 1.29 is 9.90 Å². The number of carbonyl (C=O) groups is 1. The van der Waals surface area contributed by atoms with E-state index in [9.17, 15) is 9.90 Å². The van der Waals surface area contributed by atoms with E-state index in [4.69, 9.17) is 0 Å². The van der Waals surface area contributed by atoms with Crippen molar-refractivity contribution in [3.63, 3.8) is 0 Å². The van der Waals surface area contributed by atoms with Gasteiger partial charge in [-0.3, -0.25) is 0 Å². The lowest BCUT2D eigenvalue weighted by atomic mass is 10.2. The van der Waals surface area contributed by atoms with Crippen LogP contribution in [0.25, 0.3) is 0 Å². The summed E-state index contributed by atoms with van der Waals surface area (Å²) in [5.41, 5.74) is 2.17. The van der Waals surface area contributed by atoms with E-state index < -0.39 is 5.97 Å². The van der Waals surface area contributed by atoms with Crippen molar-refractivity contribution in [2.45, 2.75) is 26.7 Å². The summed E-state index contributed by atoms with van der Waals surface area (Å²) in [7, 11) is 0.